The van der Waals surface area contributed by atoms with Gasteiger partial charge in [-0.05, 0) is 39.0 Å². The summed E-state index contributed by atoms with van der Waals surface area (Å²) >= 11 is 0. The second kappa shape index (κ2) is 10.2. The van der Waals surface area contributed by atoms with Crippen molar-refractivity contribution in [3.8, 4) is 11.1 Å². The molecule has 3 aromatic rings. The van der Waals surface area contributed by atoms with Crippen LogP contribution in [0.5, 0.6) is 0 Å². The summed E-state index contributed by atoms with van der Waals surface area (Å²) in [6.45, 7) is 9.20. The minimum absolute atomic E-state index is 0.0609. The van der Waals surface area contributed by atoms with Crippen LogP contribution in [0.4, 0.5) is 10.7 Å². The first-order valence-electron chi connectivity index (χ1n) is 11.2. The maximum absolute atomic E-state index is 12.7. The topological polar surface area (TPSA) is 140 Å². The Kier molecular flexibility index (Phi) is 7.31. The number of pyridine rings is 2. The minimum atomic E-state index is -3.73. The molecular weight excluding hydrogens is 474 g/mol. The molecule has 0 bridgehead atoms. The quantitative estimate of drug-likeness (QED) is 0.493. The average molecular weight is 504 g/mol. The SMILES string of the molecule is CC(C)(C)NS(=O)(=O)c1cncc(-c2ccc3nc(NC(=O)OCCN4CCOCC4)nn3c2)c1. The molecule has 1 aliphatic rings. The molecule has 1 fully saturated rings. The number of carbonyl (C=O) groups excluding carboxylic acids is 1. The molecule has 0 aliphatic carbocycles. The van der Waals surface area contributed by atoms with Crippen LogP contribution >= 0.6 is 0 Å². The van der Waals surface area contributed by atoms with Crippen LogP contribution in [0.3, 0.4) is 0 Å². The fourth-order valence-electron chi connectivity index (χ4n) is 3.51. The summed E-state index contributed by atoms with van der Waals surface area (Å²) in [5, 5.41) is 6.80. The number of ether oxygens (including phenoxy) is 2. The molecule has 12 nitrogen and oxygen atoms in total. The van der Waals surface area contributed by atoms with E-state index in [1.165, 1.54) is 10.7 Å². The van der Waals surface area contributed by atoms with E-state index in [9.17, 15) is 13.2 Å². The monoisotopic (exact) mass is 503 g/mol. The number of fused-ring (bicyclic) bond motifs is 1. The molecule has 0 radical (unpaired) electrons. The largest absolute Gasteiger partial charge is 0.448 e. The van der Waals surface area contributed by atoms with Crippen molar-refractivity contribution in [3.63, 3.8) is 0 Å². The molecule has 0 saturated carbocycles. The Morgan fingerprint density at radius 3 is 2.69 bits per heavy atom. The fourth-order valence-corrected chi connectivity index (χ4v) is 4.92. The van der Waals surface area contributed by atoms with Gasteiger partial charge in [-0.3, -0.25) is 15.2 Å². The Balaban J connectivity index is 1.43. The zero-order chi connectivity index (χ0) is 25.1. The van der Waals surface area contributed by atoms with Crippen LogP contribution in [0.2, 0.25) is 0 Å². The molecule has 0 spiro atoms. The van der Waals surface area contributed by atoms with Gasteiger partial charge in [0, 0.05) is 54.9 Å². The van der Waals surface area contributed by atoms with Crippen molar-refractivity contribution in [1.29, 1.82) is 0 Å². The number of aromatic nitrogens is 4. The lowest BCUT2D eigenvalue weighted by atomic mass is 10.1. The summed E-state index contributed by atoms with van der Waals surface area (Å²) in [6.07, 6.45) is 3.92. The third-order valence-corrected chi connectivity index (χ3v) is 6.81. The molecule has 4 rings (SSSR count). The molecule has 1 amide bonds. The molecule has 35 heavy (non-hydrogen) atoms. The van der Waals surface area contributed by atoms with Crippen molar-refractivity contribution in [2.45, 2.75) is 31.2 Å². The lowest BCUT2D eigenvalue weighted by Crippen LogP contribution is -2.40. The first kappa shape index (κ1) is 25.0. The second-order valence-electron chi connectivity index (χ2n) is 9.14. The van der Waals surface area contributed by atoms with E-state index in [0.29, 0.717) is 36.5 Å². The van der Waals surface area contributed by atoms with E-state index in [1.54, 1.807) is 51.4 Å². The van der Waals surface area contributed by atoms with E-state index in [2.05, 4.69) is 30.0 Å². The molecule has 1 aliphatic heterocycles. The lowest BCUT2D eigenvalue weighted by molar-refractivity contribution is 0.0290. The zero-order valence-electron chi connectivity index (χ0n) is 19.9. The molecule has 0 unspecified atom stereocenters. The summed E-state index contributed by atoms with van der Waals surface area (Å²) in [4.78, 5) is 22.7. The number of hydrogen-bond donors (Lipinski definition) is 2. The zero-order valence-corrected chi connectivity index (χ0v) is 20.7. The molecule has 4 heterocycles. The van der Waals surface area contributed by atoms with Gasteiger partial charge in [0.15, 0.2) is 5.65 Å². The standard InChI is InChI=1S/C22H29N7O5S/c1-22(2,3)27-35(31,32)18-12-17(13-23-14-18)16-4-5-19-24-20(26-29(19)15-16)25-21(30)34-11-8-28-6-9-33-10-7-28/h4-5,12-15,27H,6-11H2,1-3H3,(H,25,26,30). The predicted molar refractivity (Wildman–Crippen MR) is 129 cm³/mol. The number of carbonyl (C=O) groups is 1. The van der Waals surface area contributed by atoms with Gasteiger partial charge in [-0.1, -0.05) is 0 Å². The number of amides is 1. The Morgan fingerprint density at radius 2 is 1.94 bits per heavy atom. The number of nitrogens with zero attached hydrogens (tertiary/aromatic N) is 5. The predicted octanol–water partition coefficient (Wildman–Crippen LogP) is 1.75. The number of rotatable bonds is 7. The van der Waals surface area contributed by atoms with Crippen molar-refractivity contribution < 1.29 is 22.7 Å². The van der Waals surface area contributed by atoms with E-state index >= 15 is 0 Å². The smallest absolute Gasteiger partial charge is 0.414 e. The van der Waals surface area contributed by atoms with Gasteiger partial charge in [0.25, 0.3) is 5.95 Å². The maximum atomic E-state index is 12.7. The number of hydrogen-bond acceptors (Lipinski definition) is 9. The van der Waals surface area contributed by atoms with Crippen molar-refractivity contribution in [1.82, 2.24) is 29.2 Å². The highest BCUT2D eigenvalue weighted by Crippen LogP contribution is 2.23. The maximum Gasteiger partial charge on any atom is 0.414 e. The van der Waals surface area contributed by atoms with Gasteiger partial charge in [0.05, 0.1) is 13.2 Å². The van der Waals surface area contributed by atoms with Gasteiger partial charge in [-0.15, -0.1) is 5.10 Å². The number of nitrogens with one attached hydrogen (secondary N) is 2. The summed E-state index contributed by atoms with van der Waals surface area (Å²) in [5.74, 6) is 0.0994. The second-order valence-corrected chi connectivity index (χ2v) is 10.8. The van der Waals surface area contributed by atoms with Crippen LogP contribution in [0.25, 0.3) is 16.8 Å². The first-order chi connectivity index (χ1) is 16.6. The van der Waals surface area contributed by atoms with Crippen LogP contribution in [-0.4, -0.2) is 84.0 Å². The van der Waals surface area contributed by atoms with Gasteiger partial charge in [-0.2, -0.15) is 4.98 Å². The summed E-state index contributed by atoms with van der Waals surface area (Å²) < 4.78 is 40.0. The fraction of sp³-hybridized carbons (Fsp3) is 0.455. The Labute approximate surface area is 203 Å². The Morgan fingerprint density at radius 1 is 1.17 bits per heavy atom. The van der Waals surface area contributed by atoms with Crippen molar-refractivity contribution >= 4 is 27.7 Å². The summed E-state index contributed by atoms with van der Waals surface area (Å²) in [6, 6.07) is 5.04. The molecule has 0 atom stereocenters. The highest BCUT2D eigenvalue weighted by molar-refractivity contribution is 7.89. The van der Waals surface area contributed by atoms with Crippen molar-refractivity contribution in [2.24, 2.45) is 0 Å². The average Bonchev–Trinajstić information content (AvgIpc) is 3.19. The minimum Gasteiger partial charge on any atom is -0.448 e. The molecule has 13 heteroatoms. The van der Waals surface area contributed by atoms with E-state index in [0.717, 1.165) is 13.1 Å². The van der Waals surface area contributed by atoms with E-state index in [1.807, 2.05) is 0 Å². The molecule has 0 aromatic carbocycles. The first-order valence-corrected chi connectivity index (χ1v) is 12.7. The lowest BCUT2D eigenvalue weighted by Gasteiger charge is -2.26. The summed E-state index contributed by atoms with van der Waals surface area (Å²) in [5.41, 5.74) is 1.16. The van der Waals surface area contributed by atoms with Crippen molar-refractivity contribution in [2.75, 3.05) is 44.8 Å². The van der Waals surface area contributed by atoms with E-state index in [-0.39, 0.29) is 17.5 Å². The van der Waals surface area contributed by atoms with Gasteiger partial charge in [-0.25, -0.2) is 22.4 Å². The number of sulfonamides is 1. The normalized spacial score (nSPS) is 15.3. The highest BCUT2D eigenvalue weighted by Gasteiger charge is 2.23. The Bertz CT molecular complexity index is 1300. The van der Waals surface area contributed by atoms with Gasteiger partial charge >= 0.3 is 6.09 Å². The third kappa shape index (κ3) is 6.72. The molecule has 2 N–H and O–H groups in total. The molecule has 188 valence electrons. The number of morpholine rings is 1. The van der Waals surface area contributed by atoms with Crippen molar-refractivity contribution in [3.05, 3.63) is 36.8 Å². The highest BCUT2D eigenvalue weighted by atomic mass is 32.2. The van der Waals surface area contributed by atoms with Gasteiger partial charge < -0.3 is 9.47 Å². The summed E-state index contributed by atoms with van der Waals surface area (Å²) in [7, 11) is -3.73. The van der Waals surface area contributed by atoms with Crippen LogP contribution in [-0.2, 0) is 19.5 Å². The van der Waals surface area contributed by atoms with E-state index in [4.69, 9.17) is 9.47 Å². The van der Waals surface area contributed by atoms with Crippen LogP contribution < -0.4 is 10.0 Å². The molecular formula is C22H29N7O5S. The van der Waals surface area contributed by atoms with Gasteiger partial charge in [0.1, 0.15) is 11.5 Å². The van der Waals surface area contributed by atoms with Crippen LogP contribution in [0.15, 0.2) is 41.7 Å². The molecule has 3 aromatic heterocycles. The Hall–Kier alpha value is -3.13. The van der Waals surface area contributed by atoms with Crippen LogP contribution in [0.1, 0.15) is 20.8 Å². The molecule has 1 saturated heterocycles. The van der Waals surface area contributed by atoms with Gasteiger partial charge in [0.2, 0.25) is 10.0 Å². The van der Waals surface area contributed by atoms with Crippen LogP contribution in [0, 0.1) is 0 Å². The third-order valence-electron chi connectivity index (χ3n) is 5.09. The van der Waals surface area contributed by atoms with E-state index < -0.39 is 21.7 Å². The number of anilines is 1.